The number of benzene rings is 1. The number of carbonyl (C=O) groups excluding carboxylic acids is 3. The Balaban J connectivity index is 2.18. The zero-order chi connectivity index (χ0) is 23.5. The van der Waals surface area contributed by atoms with E-state index in [4.69, 9.17) is 22.4 Å². The molecule has 31 heavy (non-hydrogen) atoms. The van der Waals surface area contributed by atoms with Gasteiger partial charge < -0.3 is 36.8 Å². The second-order valence-electron chi connectivity index (χ2n) is 7.23. The minimum Gasteiger partial charge on any atom is -0.481 e. The van der Waals surface area contributed by atoms with Crippen molar-refractivity contribution in [2.45, 2.75) is 49.2 Å². The number of carbonyl (C=O) groups is 4. The fourth-order valence-corrected chi connectivity index (χ4v) is 3.38. The Hall–Kier alpha value is -2.80. The molecule has 1 fully saturated rings. The van der Waals surface area contributed by atoms with Crippen molar-refractivity contribution in [2.24, 2.45) is 5.73 Å². The van der Waals surface area contributed by atoms with Gasteiger partial charge in [-0.2, -0.15) is 0 Å². The van der Waals surface area contributed by atoms with Crippen molar-refractivity contribution in [3.63, 3.8) is 0 Å². The van der Waals surface area contributed by atoms with Crippen molar-refractivity contribution in [2.75, 3.05) is 0 Å². The van der Waals surface area contributed by atoms with E-state index in [0.717, 1.165) is 18.2 Å². The third-order valence-electron chi connectivity index (χ3n) is 4.86. The second kappa shape index (κ2) is 9.56. The van der Waals surface area contributed by atoms with Crippen LogP contribution in [-0.4, -0.2) is 74.0 Å². The lowest BCUT2D eigenvalue weighted by Gasteiger charge is -2.41. The summed E-state index contributed by atoms with van der Waals surface area (Å²) in [6.45, 7) is 0. The van der Waals surface area contributed by atoms with E-state index in [2.05, 4.69) is 5.32 Å². The summed E-state index contributed by atoms with van der Waals surface area (Å²) in [6.07, 6.45) is -5.31. The van der Waals surface area contributed by atoms with E-state index in [1.165, 1.54) is 0 Å². The molecule has 0 heterocycles. The minimum absolute atomic E-state index is 0.0816. The van der Waals surface area contributed by atoms with Crippen LogP contribution in [0.2, 0.25) is 5.02 Å². The molecule has 0 aliphatic heterocycles. The number of amides is 3. The van der Waals surface area contributed by atoms with Gasteiger partial charge in [0, 0.05) is 18.4 Å². The van der Waals surface area contributed by atoms with Crippen molar-refractivity contribution in [1.82, 2.24) is 10.6 Å². The van der Waals surface area contributed by atoms with Crippen LogP contribution in [0.4, 0.5) is 4.39 Å². The number of nitrogens with one attached hydrogen (secondary N) is 2. The maximum atomic E-state index is 13.3. The molecular formula is C18H21ClFN3O8. The van der Waals surface area contributed by atoms with Crippen LogP contribution in [-0.2, 0) is 14.4 Å². The van der Waals surface area contributed by atoms with Crippen LogP contribution in [0.15, 0.2) is 18.2 Å². The van der Waals surface area contributed by atoms with Crippen LogP contribution in [0.5, 0.6) is 0 Å². The van der Waals surface area contributed by atoms with E-state index in [0.29, 0.717) is 0 Å². The van der Waals surface area contributed by atoms with Gasteiger partial charge in [0.1, 0.15) is 23.6 Å². The quantitative estimate of drug-likeness (QED) is 0.248. The number of aliphatic hydroxyl groups is 3. The Labute approximate surface area is 180 Å². The molecule has 13 heteroatoms. The van der Waals surface area contributed by atoms with E-state index in [1.807, 2.05) is 5.32 Å². The summed E-state index contributed by atoms with van der Waals surface area (Å²) < 4.78 is 13.3. The van der Waals surface area contributed by atoms with Gasteiger partial charge in [-0.05, 0) is 18.2 Å². The number of hydrogen-bond acceptors (Lipinski definition) is 7. The molecule has 1 aromatic rings. The molecule has 1 saturated carbocycles. The zero-order valence-electron chi connectivity index (χ0n) is 15.9. The van der Waals surface area contributed by atoms with Gasteiger partial charge in [-0.3, -0.25) is 19.2 Å². The Kier molecular flexibility index (Phi) is 7.54. The Bertz CT molecular complexity index is 901. The topological polar surface area (TPSA) is 199 Å². The fourth-order valence-electron chi connectivity index (χ4n) is 3.20. The molecular weight excluding hydrogens is 441 g/mol. The molecule has 1 aromatic carbocycles. The normalized spacial score (nSPS) is 26.5. The summed E-state index contributed by atoms with van der Waals surface area (Å²) >= 11 is 5.63. The summed E-state index contributed by atoms with van der Waals surface area (Å²) in [5.41, 5.74) is 2.60. The lowest BCUT2D eigenvalue weighted by atomic mass is 9.77. The molecule has 0 saturated heterocycles. The molecule has 3 amide bonds. The molecule has 0 unspecified atom stereocenters. The summed E-state index contributed by atoms with van der Waals surface area (Å²) in [5, 5.41) is 43.8. The van der Waals surface area contributed by atoms with Crippen molar-refractivity contribution in [3.8, 4) is 0 Å². The molecule has 5 atom stereocenters. The van der Waals surface area contributed by atoms with Crippen LogP contribution in [0.1, 0.15) is 29.6 Å². The highest BCUT2D eigenvalue weighted by Gasteiger charge is 2.49. The van der Waals surface area contributed by atoms with Crippen molar-refractivity contribution in [3.05, 3.63) is 34.6 Å². The first kappa shape index (κ1) is 24.5. The average Bonchev–Trinajstić information content (AvgIpc) is 2.66. The third kappa shape index (κ3) is 5.88. The largest absolute Gasteiger partial charge is 0.481 e. The predicted octanol–water partition coefficient (Wildman–Crippen LogP) is -1.73. The smallest absolute Gasteiger partial charge is 0.305 e. The summed E-state index contributed by atoms with van der Waals surface area (Å²) in [5.74, 6) is -5.40. The molecule has 1 aliphatic carbocycles. The van der Waals surface area contributed by atoms with Gasteiger partial charge in [0.15, 0.2) is 0 Å². The highest BCUT2D eigenvalue weighted by Crippen LogP contribution is 2.30. The van der Waals surface area contributed by atoms with Crippen molar-refractivity contribution in [1.29, 1.82) is 0 Å². The van der Waals surface area contributed by atoms with Gasteiger partial charge in [0.05, 0.1) is 23.6 Å². The molecule has 8 N–H and O–H groups in total. The van der Waals surface area contributed by atoms with Crippen LogP contribution in [0, 0.1) is 5.82 Å². The van der Waals surface area contributed by atoms with Gasteiger partial charge in [-0.25, -0.2) is 4.39 Å². The maximum absolute atomic E-state index is 13.3. The first-order chi connectivity index (χ1) is 14.3. The summed E-state index contributed by atoms with van der Waals surface area (Å²) in [4.78, 5) is 47.1. The number of halogens is 2. The number of aliphatic hydroxyl groups excluding tert-OH is 2. The standard InChI is InChI=1S/C18H21ClFN3O8/c19-8-3-7(1-2-9(8)20)16(29)22-11-5-18(31,6-12(24)14(11)27)17(30)23-10(15(21)28)4-13(25)26/h1-3,10-12,14,24,27,31H,4-6H2,(H2,21,28)(H,22,29)(H,23,30)(H,25,26)/t10-,11-,12-,14-,18+/m1/s1. The zero-order valence-corrected chi connectivity index (χ0v) is 16.7. The number of aliphatic carboxylic acids is 1. The lowest BCUT2D eigenvalue weighted by Crippen LogP contribution is -2.64. The molecule has 0 radical (unpaired) electrons. The van der Waals surface area contributed by atoms with E-state index < -0.39 is 78.7 Å². The van der Waals surface area contributed by atoms with E-state index in [9.17, 15) is 38.9 Å². The number of primary amides is 1. The maximum Gasteiger partial charge on any atom is 0.305 e. The number of carboxylic acid groups (broad SMARTS) is 1. The number of hydrogen-bond donors (Lipinski definition) is 7. The summed E-state index contributed by atoms with van der Waals surface area (Å²) in [7, 11) is 0. The fraction of sp³-hybridized carbons (Fsp3) is 0.444. The minimum atomic E-state index is -2.37. The first-order valence-corrected chi connectivity index (χ1v) is 9.38. The molecule has 11 nitrogen and oxygen atoms in total. The Morgan fingerprint density at radius 2 is 1.90 bits per heavy atom. The Morgan fingerprint density at radius 3 is 2.45 bits per heavy atom. The van der Waals surface area contributed by atoms with E-state index in [-0.39, 0.29) is 10.6 Å². The average molecular weight is 462 g/mol. The third-order valence-corrected chi connectivity index (χ3v) is 5.15. The molecule has 0 bridgehead atoms. The lowest BCUT2D eigenvalue weighted by molar-refractivity contribution is -0.159. The molecule has 2 rings (SSSR count). The van der Waals surface area contributed by atoms with E-state index in [1.54, 1.807) is 0 Å². The highest BCUT2D eigenvalue weighted by atomic mass is 35.5. The van der Waals surface area contributed by atoms with Crippen molar-refractivity contribution < 1.29 is 44.0 Å². The molecule has 170 valence electrons. The monoisotopic (exact) mass is 461 g/mol. The summed E-state index contributed by atoms with van der Waals surface area (Å²) in [6, 6.07) is 0.124. The first-order valence-electron chi connectivity index (χ1n) is 9.00. The highest BCUT2D eigenvalue weighted by molar-refractivity contribution is 6.31. The SMILES string of the molecule is NC(=O)[C@@H](CC(=O)O)NC(=O)[C@@]1(O)C[C@@H](O)[C@H](O)[C@H](NC(=O)c2ccc(F)c(Cl)c2)C1. The number of nitrogens with two attached hydrogens (primary N) is 1. The second-order valence-corrected chi connectivity index (χ2v) is 7.64. The predicted molar refractivity (Wildman–Crippen MR) is 102 cm³/mol. The van der Waals surface area contributed by atoms with Crippen molar-refractivity contribution >= 4 is 35.3 Å². The van der Waals surface area contributed by atoms with Crippen LogP contribution < -0.4 is 16.4 Å². The molecule has 1 aliphatic rings. The van der Waals surface area contributed by atoms with Gasteiger partial charge in [0.2, 0.25) is 5.91 Å². The number of carboxylic acids is 1. The van der Waals surface area contributed by atoms with Gasteiger partial charge in [-0.1, -0.05) is 11.6 Å². The Morgan fingerprint density at radius 1 is 1.26 bits per heavy atom. The van der Waals surface area contributed by atoms with Crippen LogP contribution in [0.3, 0.4) is 0 Å². The molecule has 0 spiro atoms. The van der Waals surface area contributed by atoms with Gasteiger partial charge in [-0.15, -0.1) is 0 Å². The van der Waals surface area contributed by atoms with Gasteiger partial charge in [0.25, 0.3) is 11.8 Å². The van der Waals surface area contributed by atoms with Crippen LogP contribution >= 0.6 is 11.6 Å². The van der Waals surface area contributed by atoms with Gasteiger partial charge >= 0.3 is 5.97 Å². The van der Waals surface area contributed by atoms with E-state index >= 15 is 0 Å². The van der Waals surface area contributed by atoms with Crippen LogP contribution in [0.25, 0.3) is 0 Å². The molecule has 0 aromatic heterocycles. The number of rotatable bonds is 7.